The van der Waals surface area contributed by atoms with Crippen molar-refractivity contribution in [1.29, 1.82) is 0 Å². The zero-order valence-corrected chi connectivity index (χ0v) is 10.6. The van der Waals surface area contributed by atoms with Crippen molar-refractivity contribution in [2.24, 2.45) is 0 Å². The second-order valence-corrected chi connectivity index (χ2v) is 3.75. The number of hydrogen-bond acceptors (Lipinski definition) is 5. The van der Waals surface area contributed by atoms with Gasteiger partial charge in [0.2, 0.25) is 11.9 Å². The first-order chi connectivity index (χ1) is 8.17. The summed E-state index contributed by atoms with van der Waals surface area (Å²) in [6, 6.07) is 0. The fourth-order valence-corrected chi connectivity index (χ4v) is 1.26. The summed E-state index contributed by atoms with van der Waals surface area (Å²) in [7, 11) is 1.71. The van der Waals surface area contributed by atoms with Crippen molar-refractivity contribution >= 4 is 29.3 Å². The van der Waals surface area contributed by atoms with Crippen LogP contribution in [0, 0.1) is 0 Å². The molecule has 0 saturated heterocycles. The van der Waals surface area contributed by atoms with Gasteiger partial charge in [0.15, 0.2) is 5.82 Å². The maximum atomic E-state index is 11.4. The summed E-state index contributed by atoms with van der Waals surface area (Å²) in [6.07, 6.45) is 2.39. The summed E-state index contributed by atoms with van der Waals surface area (Å²) >= 11 is 5.89. The first-order valence-corrected chi connectivity index (χ1v) is 5.76. The molecule has 7 heteroatoms. The van der Waals surface area contributed by atoms with Crippen LogP contribution in [0.15, 0.2) is 6.20 Å². The van der Waals surface area contributed by atoms with Crippen LogP contribution in [0.1, 0.15) is 13.3 Å². The van der Waals surface area contributed by atoms with Gasteiger partial charge in [-0.3, -0.25) is 4.79 Å². The molecule has 0 aromatic carbocycles. The van der Waals surface area contributed by atoms with Gasteiger partial charge in [0.25, 0.3) is 0 Å². The van der Waals surface area contributed by atoms with Gasteiger partial charge in [-0.1, -0.05) is 18.5 Å². The van der Waals surface area contributed by atoms with Crippen LogP contribution < -0.4 is 16.0 Å². The van der Waals surface area contributed by atoms with E-state index in [1.54, 1.807) is 7.05 Å². The Morgan fingerprint density at radius 2 is 2.29 bits per heavy atom. The van der Waals surface area contributed by atoms with Crippen molar-refractivity contribution in [3.8, 4) is 0 Å². The Kier molecular flexibility index (Phi) is 5.48. The summed E-state index contributed by atoms with van der Waals surface area (Å²) in [5.74, 6) is 0.802. The molecule has 0 bridgehead atoms. The van der Waals surface area contributed by atoms with Gasteiger partial charge in [-0.25, -0.2) is 4.98 Å². The van der Waals surface area contributed by atoms with E-state index < -0.39 is 0 Å². The minimum atomic E-state index is -0.0902. The van der Waals surface area contributed by atoms with Crippen molar-refractivity contribution < 1.29 is 4.79 Å². The number of aromatic nitrogens is 2. The number of anilines is 2. The smallest absolute Gasteiger partial charge is 0.239 e. The Balaban J connectivity index is 2.53. The number of amides is 1. The Hall–Kier alpha value is -1.56. The SMILES string of the molecule is CCCNC(=O)CNc1nc(NC)ncc1Cl. The zero-order chi connectivity index (χ0) is 12.7. The van der Waals surface area contributed by atoms with E-state index in [9.17, 15) is 4.79 Å². The molecule has 17 heavy (non-hydrogen) atoms. The van der Waals surface area contributed by atoms with E-state index in [2.05, 4.69) is 25.9 Å². The number of rotatable bonds is 6. The highest BCUT2D eigenvalue weighted by Crippen LogP contribution is 2.18. The Morgan fingerprint density at radius 1 is 1.53 bits per heavy atom. The Labute approximate surface area is 105 Å². The lowest BCUT2D eigenvalue weighted by Gasteiger charge is -2.08. The van der Waals surface area contributed by atoms with Gasteiger partial charge in [0.05, 0.1) is 12.7 Å². The first-order valence-electron chi connectivity index (χ1n) is 5.38. The summed E-state index contributed by atoms with van der Waals surface area (Å²) in [5, 5.41) is 8.79. The minimum Gasteiger partial charge on any atom is -0.360 e. The molecule has 0 saturated carbocycles. The highest BCUT2D eigenvalue weighted by Gasteiger charge is 2.06. The van der Waals surface area contributed by atoms with Gasteiger partial charge in [0.1, 0.15) is 5.02 Å². The third kappa shape index (κ3) is 4.44. The molecule has 3 N–H and O–H groups in total. The lowest BCUT2D eigenvalue weighted by molar-refractivity contribution is -0.119. The number of hydrogen-bond donors (Lipinski definition) is 3. The number of nitrogens with zero attached hydrogens (tertiary/aromatic N) is 2. The molecule has 94 valence electrons. The molecule has 0 radical (unpaired) electrons. The van der Waals surface area contributed by atoms with E-state index in [1.807, 2.05) is 6.92 Å². The van der Waals surface area contributed by atoms with Crippen LogP contribution in [0.5, 0.6) is 0 Å². The van der Waals surface area contributed by atoms with Gasteiger partial charge in [0, 0.05) is 13.6 Å². The van der Waals surface area contributed by atoms with Crippen LogP contribution in [0.25, 0.3) is 0 Å². The largest absolute Gasteiger partial charge is 0.360 e. The minimum absolute atomic E-state index is 0.0902. The maximum absolute atomic E-state index is 11.4. The van der Waals surface area contributed by atoms with Crippen LogP contribution in [-0.4, -0.2) is 36.0 Å². The van der Waals surface area contributed by atoms with Crippen molar-refractivity contribution in [1.82, 2.24) is 15.3 Å². The molecule has 0 fully saturated rings. The molecule has 0 aliphatic carbocycles. The fraction of sp³-hybridized carbons (Fsp3) is 0.500. The van der Waals surface area contributed by atoms with E-state index in [1.165, 1.54) is 6.20 Å². The Bertz CT molecular complexity index is 385. The molecule has 0 aliphatic heterocycles. The molecular formula is C10H16ClN5O. The predicted octanol–water partition coefficient (Wildman–Crippen LogP) is 1.11. The lowest BCUT2D eigenvalue weighted by Crippen LogP contribution is -2.30. The molecule has 1 amide bonds. The van der Waals surface area contributed by atoms with E-state index >= 15 is 0 Å². The van der Waals surface area contributed by atoms with Crippen molar-refractivity contribution in [2.45, 2.75) is 13.3 Å². The summed E-state index contributed by atoms with van der Waals surface area (Å²) in [4.78, 5) is 19.4. The molecule has 1 heterocycles. The molecule has 0 aliphatic rings. The van der Waals surface area contributed by atoms with Gasteiger partial charge in [-0.15, -0.1) is 0 Å². The monoisotopic (exact) mass is 257 g/mol. The van der Waals surface area contributed by atoms with E-state index in [0.29, 0.717) is 23.3 Å². The van der Waals surface area contributed by atoms with Crippen LogP contribution in [0.3, 0.4) is 0 Å². The highest BCUT2D eigenvalue weighted by molar-refractivity contribution is 6.32. The Morgan fingerprint density at radius 3 is 2.94 bits per heavy atom. The standard InChI is InChI=1S/C10H16ClN5O/c1-3-4-13-8(17)6-14-9-7(11)5-15-10(12-2)16-9/h5H,3-4,6H2,1-2H3,(H,13,17)(H2,12,14,15,16). The van der Waals surface area contributed by atoms with Crippen molar-refractivity contribution in [3.05, 3.63) is 11.2 Å². The van der Waals surface area contributed by atoms with Crippen LogP contribution in [0.2, 0.25) is 5.02 Å². The molecule has 1 aromatic rings. The average molecular weight is 258 g/mol. The molecule has 1 aromatic heterocycles. The summed E-state index contributed by atoms with van der Waals surface area (Å²) < 4.78 is 0. The van der Waals surface area contributed by atoms with Crippen molar-refractivity contribution in [2.75, 3.05) is 30.8 Å². The second kappa shape index (κ2) is 6.90. The topological polar surface area (TPSA) is 78.9 Å². The second-order valence-electron chi connectivity index (χ2n) is 3.34. The van der Waals surface area contributed by atoms with E-state index in [-0.39, 0.29) is 12.5 Å². The quantitative estimate of drug-likeness (QED) is 0.712. The number of nitrogens with one attached hydrogen (secondary N) is 3. The van der Waals surface area contributed by atoms with Crippen molar-refractivity contribution in [3.63, 3.8) is 0 Å². The van der Waals surface area contributed by atoms with Crippen LogP contribution in [-0.2, 0) is 4.79 Å². The summed E-state index contributed by atoms with van der Waals surface area (Å²) in [6.45, 7) is 2.80. The van der Waals surface area contributed by atoms with E-state index in [4.69, 9.17) is 11.6 Å². The van der Waals surface area contributed by atoms with Crippen LogP contribution in [0.4, 0.5) is 11.8 Å². The zero-order valence-electron chi connectivity index (χ0n) is 9.88. The normalized spacial score (nSPS) is 9.82. The van der Waals surface area contributed by atoms with Gasteiger partial charge >= 0.3 is 0 Å². The third-order valence-corrected chi connectivity index (χ3v) is 2.23. The van der Waals surface area contributed by atoms with Gasteiger partial charge < -0.3 is 16.0 Å². The van der Waals surface area contributed by atoms with Gasteiger partial charge in [-0.2, -0.15) is 4.98 Å². The number of halogens is 1. The molecule has 0 unspecified atom stereocenters. The van der Waals surface area contributed by atoms with Crippen LogP contribution >= 0.6 is 11.6 Å². The molecular weight excluding hydrogens is 242 g/mol. The molecule has 0 atom stereocenters. The molecule has 6 nitrogen and oxygen atoms in total. The lowest BCUT2D eigenvalue weighted by atomic mass is 10.4. The fourth-order valence-electron chi connectivity index (χ4n) is 1.10. The van der Waals surface area contributed by atoms with Gasteiger partial charge in [-0.05, 0) is 6.42 Å². The average Bonchev–Trinajstić information content (AvgIpc) is 2.35. The molecule has 1 rings (SSSR count). The van der Waals surface area contributed by atoms with E-state index in [0.717, 1.165) is 6.42 Å². The maximum Gasteiger partial charge on any atom is 0.239 e. The summed E-state index contributed by atoms with van der Waals surface area (Å²) in [5.41, 5.74) is 0. The third-order valence-electron chi connectivity index (χ3n) is 1.96. The molecule has 0 spiro atoms. The highest BCUT2D eigenvalue weighted by atomic mass is 35.5. The number of carbonyl (C=O) groups is 1. The first kappa shape index (κ1) is 13.5. The predicted molar refractivity (Wildman–Crippen MR) is 68.4 cm³/mol. The number of carbonyl (C=O) groups excluding carboxylic acids is 1.